The fraction of sp³-hybridized carbons (Fsp3) is 0.267. The zero-order chi connectivity index (χ0) is 18.3. The molecule has 0 unspecified atom stereocenters. The number of hydrogen-bond acceptors (Lipinski definition) is 8. The van der Waals surface area contributed by atoms with E-state index in [1.807, 2.05) is 19.2 Å². The molecular weight excluding hydrogens is 358 g/mol. The molecule has 26 heavy (non-hydrogen) atoms. The van der Waals surface area contributed by atoms with E-state index in [4.69, 9.17) is 15.6 Å². The van der Waals surface area contributed by atoms with Gasteiger partial charge >= 0.3 is 5.97 Å². The molecule has 0 bridgehead atoms. The second-order valence-corrected chi connectivity index (χ2v) is 6.62. The molecule has 0 spiro atoms. The molecule has 0 aliphatic heterocycles. The molecule has 3 N–H and O–H groups in total. The molecule has 4 heterocycles. The van der Waals surface area contributed by atoms with E-state index in [-0.39, 0.29) is 19.9 Å². The van der Waals surface area contributed by atoms with Crippen molar-refractivity contribution >= 4 is 33.3 Å². The topological polar surface area (TPSA) is 133 Å². The summed E-state index contributed by atoms with van der Waals surface area (Å²) in [5, 5.41) is 18.4. The Kier molecular flexibility index (Phi) is 4.11. The van der Waals surface area contributed by atoms with Crippen LogP contribution in [0.3, 0.4) is 0 Å². The molecule has 0 aromatic carbocycles. The maximum absolute atomic E-state index is 11.1. The van der Waals surface area contributed by atoms with E-state index in [1.54, 1.807) is 10.7 Å². The fourth-order valence-electron chi connectivity index (χ4n) is 2.63. The third-order valence-electron chi connectivity index (χ3n) is 3.68. The Morgan fingerprint density at radius 1 is 1.42 bits per heavy atom. The average Bonchev–Trinajstić information content (AvgIpc) is 3.25. The van der Waals surface area contributed by atoms with Crippen LogP contribution < -0.4 is 5.73 Å². The predicted molar refractivity (Wildman–Crippen MR) is 93.6 cm³/mol. The maximum Gasteiger partial charge on any atom is 0.325 e. The first-order valence-electron chi connectivity index (χ1n) is 7.73. The lowest BCUT2D eigenvalue weighted by Crippen LogP contribution is -2.11. The van der Waals surface area contributed by atoms with E-state index < -0.39 is 5.97 Å². The Balaban J connectivity index is 1.81. The summed E-state index contributed by atoms with van der Waals surface area (Å²) in [5.41, 5.74) is 8.90. The fourth-order valence-corrected chi connectivity index (χ4v) is 3.64. The van der Waals surface area contributed by atoms with Crippen LogP contribution in [0.1, 0.15) is 11.4 Å². The van der Waals surface area contributed by atoms with Gasteiger partial charge in [-0.25, -0.2) is 19.2 Å². The number of nitrogens with zero attached hydrogens (tertiary/aromatic N) is 6. The van der Waals surface area contributed by atoms with Crippen LogP contribution in [-0.2, 0) is 22.7 Å². The van der Waals surface area contributed by atoms with Crippen molar-refractivity contribution in [2.75, 3.05) is 6.73 Å². The van der Waals surface area contributed by atoms with Gasteiger partial charge in [-0.15, -0.1) is 11.3 Å². The zero-order valence-corrected chi connectivity index (χ0v) is 14.6. The number of carboxylic acids is 1. The van der Waals surface area contributed by atoms with Crippen LogP contribution in [0.4, 0.5) is 0 Å². The van der Waals surface area contributed by atoms with Crippen LogP contribution in [0, 0.1) is 6.92 Å². The number of thiazole rings is 1. The number of carbonyl (C=O) groups is 1. The van der Waals surface area contributed by atoms with Crippen LogP contribution in [0.15, 0.2) is 18.5 Å². The molecule has 0 fully saturated rings. The highest BCUT2D eigenvalue weighted by Gasteiger charge is 2.19. The van der Waals surface area contributed by atoms with Crippen molar-refractivity contribution in [2.45, 2.75) is 20.1 Å². The summed E-state index contributed by atoms with van der Waals surface area (Å²) < 4.78 is 9.05. The largest absolute Gasteiger partial charge is 0.480 e. The maximum atomic E-state index is 11.1. The van der Waals surface area contributed by atoms with Gasteiger partial charge in [0, 0.05) is 24.0 Å². The summed E-state index contributed by atoms with van der Waals surface area (Å²) in [5.74, 6) is -0.995. The third-order valence-corrected chi connectivity index (χ3v) is 4.82. The van der Waals surface area contributed by atoms with Gasteiger partial charge in [0.1, 0.15) is 17.2 Å². The van der Waals surface area contributed by atoms with Gasteiger partial charge in [0.15, 0.2) is 11.3 Å². The highest BCUT2D eigenvalue weighted by molar-refractivity contribution is 7.21. The molecule has 10 nitrogen and oxygen atoms in total. The van der Waals surface area contributed by atoms with Gasteiger partial charge in [0.2, 0.25) is 0 Å². The van der Waals surface area contributed by atoms with Crippen molar-refractivity contribution in [1.29, 1.82) is 0 Å². The first kappa shape index (κ1) is 16.6. The lowest BCUT2D eigenvalue weighted by atomic mass is 10.3. The number of fused-ring (bicyclic) bond motifs is 2. The van der Waals surface area contributed by atoms with Gasteiger partial charge in [-0.05, 0) is 6.92 Å². The monoisotopic (exact) mass is 373 g/mol. The van der Waals surface area contributed by atoms with Crippen molar-refractivity contribution in [3.63, 3.8) is 0 Å². The van der Waals surface area contributed by atoms with Gasteiger partial charge in [-0.1, -0.05) is 0 Å². The Labute approximate surface area is 150 Å². The predicted octanol–water partition coefficient (Wildman–Crippen LogP) is 1.03. The number of aromatic nitrogens is 6. The van der Waals surface area contributed by atoms with Gasteiger partial charge in [0.05, 0.1) is 23.7 Å². The molecule has 4 aromatic heterocycles. The number of aliphatic carboxylic acids is 1. The summed E-state index contributed by atoms with van der Waals surface area (Å²) in [4.78, 5) is 20.1. The SMILES string of the molecule is Cc1cc2ncc(-c3nc4c(s3)c(COCN)nn4CC(=O)O)cn2n1. The summed E-state index contributed by atoms with van der Waals surface area (Å²) >= 11 is 1.40. The lowest BCUT2D eigenvalue weighted by molar-refractivity contribution is -0.137. The summed E-state index contributed by atoms with van der Waals surface area (Å²) in [7, 11) is 0. The molecular formula is C15H15N7O3S. The molecule has 0 radical (unpaired) electrons. The second kappa shape index (κ2) is 6.44. The molecule has 0 amide bonds. The minimum atomic E-state index is -0.995. The van der Waals surface area contributed by atoms with Crippen molar-refractivity contribution in [3.8, 4) is 10.6 Å². The summed E-state index contributed by atoms with van der Waals surface area (Å²) in [6.45, 7) is 1.86. The number of ether oxygens (including phenoxy) is 1. The highest BCUT2D eigenvalue weighted by atomic mass is 32.1. The Bertz CT molecular complexity index is 1110. The van der Waals surface area contributed by atoms with Crippen LogP contribution in [0.25, 0.3) is 26.6 Å². The van der Waals surface area contributed by atoms with E-state index in [2.05, 4.69) is 20.2 Å². The first-order valence-corrected chi connectivity index (χ1v) is 8.55. The quantitative estimate of drug-likeness (QED) is 0.479. The number of carboxylic acid groups (broad SMARTS) is 1. The normalized spacial score (nSPS) is 11.6. The molecule has 0 saturated carbocycles. The number of hydrogen-bond donors (Lipinski definition) is 2. The Morgan fingerprint density at radius 2 is 2.27 bits per heavy atom. The van der Waals surface area contributed by atoms with E-state index in [9.17, 15) is 4.79 Å². The number of rotatable bonds is 6. The van der Waals surface area contributed by atoms with E-state index in [1.165, 1.54) is 16.0 Å². The molecule has 11 heteroatoms. The van der Waals surface area contributed by atoms with E-state index in [0.717, 1.165) is 21.6 Å². The van der Waals surface area contributed by atoms with Gasteiger partial charge in [-0.2, -0.15) is 10.2 Å². The van der Waals surface area contributed by atoms with Crippen LogP contribution in [0.5, 0.6) is 0 Å². The molecule has 0 saturated heterocycles. The standard InChI is InChI=1S/C15H15N7O3S/c1-8-2-11-17-3-9(4-21(11)19-8)15-18-14-13(26-15)10(6-25-7-16)20-22(14)5-12(23)24/h2-4H,5-7,16H2,1H3,(H,23,24). The van der Waals surface area contributed by atoms with E-state index in [0.29, 0.717) is 16.3 Å². The molecule has 0 atom stereocenters. The van der Waals surface area contributed by atoms with Gasteiger partial charge < -0.3 is 15.6 Å². The lowest BCUT2D eigenvalue weighted by Gasteiger charge is -1.99. The first-order chi connectivity index (χ1) is 12.5. The molecule has 0 aliphatic carbocycles. The van der Waals surface area contributed by atoms with Crippen LogP contribution in [0.2, 0.25) is 0 Å². The summed E-state index contributed by atoms with van der Waals surface area (Å²) in [6.07, 6.45) is 3.57. The van der Waals surface area contributed by atoms with E-state index >= 15 is 0 Å². The van der Waals surface area contributed by atoms with Crippen molar-refractivity contribution in [3.05, 3.63) is 29.8 Å². The number of aryl methyl sites for hydroxylation is 1. The Morgan fingerprint density at radius 3 is 3.04 bits per heavy atom. The minimum absolute atomic E-state index is 0.0538. The van der Waals surface area contributed by atoms with Crippen LogP contribution in [-0.4, -0.2) is 47.2 Å². The summed E-state index contributed by atoms with van der Waals surface area (Å²) in [6, 6.07) is 1.88. The van der Waals surface area contributed by atoms with Gasteiger partial charge in [0.25, 0.3) is 0 Å². The van der Waals surface area contributed by atoms with Crippen LogP contribution >= 0.6 is 11.3 Å². The minimum Gasteiger partial charge on any atom is -0.480 e. The highest BCUT2D eigenvalue weighted by Crippen LogP contribution is 2.32. The zero-order valence-electron chi connectivity index (χ0n) is 13.8. The molecule has 134 valence electrons. The number of nitrogens with two attached hydrogens (primary N) is 1. The Hall–Kier alpha value is -2.89. The smallest absolute Gasteiger partial charge is 0.325 e. The second-order valence-electron chi connectivity index (χ2n) is 5.62. The van der Waals surface area contributed by atoms with Crippen molar-refractivity contribution in [1.82, 2.24) is 29.4 Å². The van der Waals surface area contributed by atoms with Gasteiger partial charge in [-0.3, -0.25) is 4.79 Å². The molecule has 0 aliphatic rings. The van der Waals surface area contributed by atoms with Crippen molar-refractivity contribution < 1.29 is 14.6 Å². The average molecular weight is 373 g/mol. The van der Waals surface area contributed by atoms with Crippen molar-refractivity contribution in [2.24, 2.45) is 5.73 Å². The molecule has 4 aromatic rings. The molecule has 4 rings (SSSR count). The third kappa shape index (κ3) is 2.92.